The largest absolute Gasteiger partial charge is 0.508 e. The number of carbonyl (C=O) groups is 14. The third-order valence-electron chi connectivity index (χ3n) is 19.5. The second-order valence-corrected chi connectivity index (χ2v) is 30.1. The van der Waals surface area contributed by atoms with Crippen molar-refractivity contribution < 1.29 is 167 Å². The fourth-order valence-corrected chi connectivity index (χ4v) is 10.9. The van der Waals surface area contributed by atoms with Crippen LogP contribution in [0.2, 0.25) is 0 Å². The molecule has 10 rings (SSSR count). The number of cyclic esters (lactones) is 12. The van der Waals surface area contributed by atoms with E-state index in [-0.39, 0.29) is 133 Å². The molecule has 614 valence electrons. The quantitative estimate of drug-likeness (QED) is 0.0476. The molecule has 0 N–H and O–H groups in total. The summed E-state index contributed by atoms with van der Waals surface area (Å²) >= 11 is 0. The Hall–Kier alpha value is -8.82. The van der Waals surface area contributed by atoms with E-state index in [4.69, 9.17) is 61.6 Å². The van der Waals surface area contributed by atoms with Gasteiger partial charge in [-0.1, -0.05) is 55.4 Å². The number of hydrogen-bond donors (Lipinski definition) is 0. The molecule has 108 heavy (non-hydrogen) atoms. The molecule has 6 saturated heterocycles. The average Bonchev–Trinajstić information content (AvgIpc) is 0.912. The fourth-order valence-electron chi connectivity index (χ4n) is 10.9. The first-order valence-electron chi connectivity index (χ1n) is 36.7. The van der Waals surface area contributed by atoms with Crippen LogP contribution in [0.4, 0.5) is 33.6 Å². The second kappa shape index (κ2) is 42.8. The van der Waals surface area contributed by atoms with Crippen LogP contribution in [-0.4, -0.2) is 219 Å². The van der Waals surface area contributed by atoms with Gasteiger partial charge in [-0.05, 0) is 138 Å². The molecule has 35 heteroatoms. The van der Waals surface area contributed by atoms with Gasteiger partial charge in [-0.15, -0.1) is 0 Å². The minimum atomic E-state index is -0.780. The third kappa shape index (κ3) is 31.0. The molecule has 0 aromatic rings. The molecule has 0 aromatic carbocycles. The van der Waals surface area contributed by atoms with Crippen LogP contribution in [0, 0.1) is 45.3 Å². The van der Waals surface area contributed by atoms with E-state index in [0.717, 1.165) is 51.4 Å². The van der Waals surface area contributed by atoms with E-state index in [1.54, 1.807) is 20.8 Å². The Morgan fingerprint density at radius 3 is 1.05 bits per heavy atom. The van der Waals surface area contributed by atoms with Crippen LogP contribution in [0.1, 0.15) is 201 Å². The Morgan fingerprint density at radius 2 is 0.685 bits per heavy atom. The van der Waals surface area contributed by atoms with Gasteiger partial charge in [-0.3, -0.25) is 28.8 Å². The highest BCUT2D eigenvalue weighted by Crippen LogP contribution is 2.60. The van der Waals surface area contributed by atoms with Crippen LogP contribution >= 0.6 is 0 Å². The van der Waals surface area contributed by atoms with Gasteiger partial charge in [0.2, 0.25) is 0 Å². The third-order valence-corrected chi connectivity index (χ3v) is 19.5. The summed E-state index contributed by atoms with van der Waals surface area (Å²) in [7, 11) is 0. The number of rotatable bonds is 30. The van der Waals surface area contributed by atoms with Crippen LogP contribution < -0.4 is 0 Å². The van der Waals surface area contributed by atoms with Crippen LogP contribution in [-0.2, 0) is 133 Å². The maximum absolute atomic E-state index is 12.8. The van der Waals surface area contributed by atoms with Crippen molar-refractivity contribution in [2.45, 2.75) is 248 Å². The van der Waals surface area contributed by atoms with Crippen molar-refractivity contribution >= 4 is 84.9 Å². The molecular formula is C73H112O35. The standard InChI is InChI=1S/C21H30O8.C12H18O7.C11H18O5.2C10H16O5.C9H14O5/c1-4-19(2,3)16(22)28-20-6-13-5-14(7-20)9-21(8-13,12-20)29-18(24)26-11-15-10-25-17(23)27-15;1-4-12(2,3)10(14)17-7-9(13)16-5-8-6-18-11(15)19-8;1-4-11(2,3)9(12)14-6-5-8-7-15-10(13)16-8;1-4-10(2,3)8(11)13-5-7-6-14-9(12)15-7;1-3-7(2)9(11)13-5-4-8-6-14-10(12)15-8;1-3-6(2)8(10)12-4-7-5-13-9(11)14-7/h13-15H,4-12H2,1-3H3;8H,4-7H2,1-3H3;8H,4-7H2,1-3H3;7H,4-6H2,1-3H3;7-8H,3-6H2,1-2H3;6-7H,3-5H2,1-2H3. The fraction of sp³-hybridized carbons (Fsp3) is 0.808. The van der Waals surface area contributed by atoms with Crippen LogP contribution in [0.5, 0.6) is 0 Å². The van der Waals surface area contributed by atoms with Gasteiger partial charge >= 0.3 is 84.9 Å². The summed E-state index contributed by atoms with van der Waals surface area (Å²) < 4.78 is 103. The van der Waals surface area contributed by atoms with Crippen LogP contribution in [0.3, 0.4) is 0 Å². The predicted octanol–water partition coefficient (Wildman–Crippen LogP) is 10.8. The molecule has 4 saturated carbocycles. The molecule has 0 amide bonds. The minimum absolute atomic E-state index is 0.0504. The lowest BCUT2D eigenvalue weighted by Gasteiger charge is -2.60. The zero-order valence-electron chi connectivity index (χ0n) is 65.2. The minimum Gasteiger partial charge on any atom is -0.465 e. The molecule has 6 aliphatic heterocycles. The summed E-state index contributed by atoms with van der Waals surface area (Å²) in [4.78, 5) is 157. The number of hydrogen-bond acceptors (Lipinski definition) is 35. The van der Waals surface area contributed by atoms with Gasteiger partial charge in [-0.2, -0.15) is 0 Å². The first-order valence-corrected chi connectivity index (χ1v) is 36.7. The molecule has 0 radical (unpaired) electrons. The molecule has 4 aliphatic carbocycles. The van der Waals surface area contributed by atoms with Gasteiger partial charge in [0.1, 0.15) is 89.5 Å². The summed E-state index contributed by atoms with van der Waals surface area (Å²) in [5.41, 5.74) is -3.32. The second-order valence-electron chi connectivity index (χ2n) is 30.1. The van der Waals surface area contributed by atoms with Gasteiger partial charge in [0.25, 0.3) is 0 Å². The van der Waals surface area contributed by atoms with Crippen molar-refractivity contribution in [2.24, 2.45) is 45.3 Å². The van der Waals surface area contributed by atoms with E-state index in [1.807, 2.05) is 90.0 Å². The molecule has 4 bridgehead atoms. The zero-order valence-corrected chi connectivity index (χ0v) is 65.2. The number of esters is 7. The monoisotopic (exact) mass is 1550 g/mol. The van der Waals surface area contributed by atoms with Crippen molar-refractivity contribution in [3.05, 3.63) is 0 Å². The molecule has 6 heterocycles. The van der Waals surface area contributed by atoms with Gasteiger partial charge in [0.15, 0.2) is 31.0 Å². The molecular weight excluding hydrogens is 1440 g/mol. The maximum Gasteiger partial charge on any atom is 0.508 e. The maximum atomic E-state index is 12.8. The molecule has 10 fully saturated rings. The van der Waals surface area contributed by atoms with Crippen molar-refractivity contribution in [3.8, 4) is 0 Å². The molecule has 35 nitrogen and oxygen atoms in total. The van der Waals surface area contributed by atoms with Gasteiger partial charge < -0.3 is 99.5 Å². The topological polar surface area (TPSA) is 433 Å². The predicted molar refractivity (Wildman–Crippen MR) is 366 cm³/mol. The Bertz CT molecular complexity index is 3030. The Kier molecular flexibility index (Phi) is 36.3. The number of ether oxygens (including phenoxy) is 21. The van der Waals surface area contributed by atoms with Crippen molar-refractivity contribution in [1.29, 1.82) is 0 Å². The summed E-state index contributed by atoms with van der Waals surface area (Å²) in [6.45, 7) is 30.6. The van der Waals surface area contributed by atoms with Crippen molar-refractivity contribution in [2.75, 3.05) is 85.9 Å². The van der Waals surface area contributed by atoms with Crippen molar-refractivity contribution in [1.82, 2.24) is 0 Å². The SMILES string of the molecule is CCC(C)(C)C(=O)OC12CC3CC(CC(OC(=O)OCC4COC(=O)O4)(C3)C1)C2.CCC(C)(C)C(=O)OCC(=O)OCC1COC(=O)O1.CCC(C)(C)C(=O)OCC1COC(=O)O1.CCC(C)(C)C(=O)OCCC1COC(=O)O1.CCC(C)C(=O)OCC1COC(=O)O1.CCC(C)C(=O)OCCC1COC(=O)O1. The van der Waals surface area contributed by atoms with E-state index < -0.39 is 119 Å². The first kappa shape index (κ1) is 91.6. The average molecular weight is 1550 g/mol. The van der Waals surface area contributed by atoms with E-state index >= 15 is 0 Å². The molecule has 10 unspecified atom stereocenters. The van der Waals surface area contributed by atoms with E-state index in [2.05, 4.69) is 37.9 Å². The molecule has 10 atom stereocenters. The van der Waals surface area contributed by atoms with Crippen molar-refractivity contribution in [3.63, 3.8) is 0 Å². The molecule has 10 aliphatic rings. The first-order chi connectivity index (χ1) is 50.6. The van der Waals surface area contributed by atoms with Gasteiger partial charge in [-0.25, -0.2) is 38.4 Å². The lowest BCUT2D eigenvalue weighted by atomic mass is 9.52. The normalized spacial score (nSPS) is 25.1. The lowest BCUT2D eigenvalue weighted by molar-refractivity contribution is -0.228. The van der Waals surface area contributed by atoms with E-state index in [1.165, 1.54) is 0 Å². The summed E-state index contributed by atoms with van der Waals surface area (Å²) in [6.07, 6.45) is 2.38. The Balaban J connectivity index is 0.000000281. The van der Waals surface area contributed by atoms with E-state index in [9.17, 15) is 67.1 Å². The summed E-state index contributed by atoms with van der Waals surface area (Å²) in [5, 5.41) is 0. The Morgan fingerprint density at radius 1 is 0.380 bits per heavy atom. The Labute approximate surface area is 629 Å². The highest BCUT2D eigenvalue weighted by atomic mass is 16.8. The highest BCUT2D eigenvalue weighted by molar-refractivity contribution is 5.80. The van der Waals surface area contributed by atoms with Crippen LogP contribution in [0.25, 0.3) is 0 Å². The smallest absolute Gasteiger partial charge is 0.465 e. The molecule has 0 spiro atoms. The van der Waals surface area contributed by atoms with E-state index in [0.29, 0.717) is 50.4 Å². The molecule has 0 aromatic heterocycles. The summed E-state index contributed by atoms with van der Waals surface area (Å²) in [6, 6.07) is 0. The lowest BCUT2D eigenvalue weighted by Crippen LogP contribution is -2.62. The highest BCUT2D eigenvalue weighted by Gasteiger charge is 2.62. The zero-order chi connectivity index (χ0) is 80.8. The van der Waals surface area contributed by atoms with Gasteiger partial charge in [0.05, 0.1) is 46.7 Å². The number of carbonyl (C=O) groups excluding carboxylic acids is 14. The van der Waals surface area contributed by atoms with Crippen LogP contribution in [0.15, 0.2) is 0 Å². The van der Waals surface area contributed by atoms with Gasteiger partial charge in [0, 0.05) is 19.3 Å². The summed E-state index contributed by atoms with van der Waals surface area (Å²) in [5.74, 6) is -1.74.